The van der Waals surface area contributed by atoms with Crippen LogP contribution >= 0.6 is 0 Å². The highest BCUT2D eigenvalue weighted by Gasteiger charge is 2.59. The monoisotopic (exact) mass is 380 g/mol. The number of fused-ring (bicyclic) bond motifs is 1. The van der Waals surface area contributed by atoms with E-state index in [0.29, 0.717) is 18.9 Å². The lowest BCUT2D eigenvalue weighted by atomic mass is 9.45. The third-order valence-corrected chi connectivity index (χ3v) is 7.39. The summed E-state index contributed by atoms with van der Waals surface area (Å²) < 4.78 is 5.43. The van der Waals surface area contributed by atoms with Crippen molar-refractivity contribution >= 4 is 11.9 Å². The van der Waals surface area contributed by atoms with Crippen LogP contribution in [0.4, 0.5) is 0 Å². The quantitative estimate of drug-likeness (QED) is 0.529. The number of esters is 1. The van der Waals surface area contributed by atoms with E-state index in [1.54, 1.807) is 0 Å². The average Bonchev–Trinajstić information content (AvgIpc) is 2.51. The molecule has 2 saturated carbocycles. The Morgan fingerprint density at radius 1 is 1.15 bits per heavy atom. The first-order valence-corrected chi connectivity index (χ1v) is 10.2. The highest BCUT2D eigenvalue weighted by Crippen LogP contribution is 2.63. The Balaban J connectivity index is 2.26. The molecule has 2 N–H and O–H groups in total. The molecule has 2 aliphatic rings. The summed E-state index contributed by atoms with van der Waals surface area (Å²) in [6.07, 6.45) is 7.53. The molecule has 5 atom stereocenters. The Bertz CT molecular complexity index is 608. The fourth-order valence-electron chi connectivity index (χ4n) is 6.17. The summed E-state index contributed by atoms with van der Waals surface area (Å²) in [6.45, 7) is 10.2. The van der Waals surface area contributed by atoms with Crippen molar-refractivity contribution in [2.45, 2.75) is 85.2 Å². The largest absolute Gasteiger partial charge is 0.478 e. The van der Waals surface area contributed by atoms with Gasteiger partial charge < -0.3 is 14.9 Å². The van der Waals surface area contributed by atoms with Crippen molar-refractivity contribution in [1.82, 2.24) is 0 Å². The molecule has 0 spiro atoms. The minimum Gasteiger partial charge on any atom is -0.478 e. The summed E-state index contributed by atoms with van der Waals surface area (Å²) >= 11 is 0. The molecular formula is C22H36O5. The van der Waals surface area contributed by atoms with E-state index in [1.807, 2.05) is 13.8 Å². The van der Waals surface area contributed by atoms with Crippen LogP contribution in [-0.4, -0.2) is 34.4 Å². The van der Waals surface area contributed by atoms with Gasteiger partial charge >= 0.3 is 11.9 Å². The summed E-state index contributed by atoms with van der Waals surface area (Å²) in [5.74, 6) is -0.680. The van der Waals surface area contributed by atoms with Gasteiger partial charge in [-0.3, -0.25) is 4.79 Å². The molecule has 0 bridgehead atoms. The molecule has 0 radical (unpaired) electrons. The number of carbonyl (C=O) groups excluding carboxylic acids is 1. The molecule has 0 saturated heterocycles. The van der Waals surface area contributed by atoms with E-state index in [9.17, 15) is 14.7 Å². The van der Waals surface area contributed by atoms with Crippen LogP contribution in [0.15, 0.2) is 11.6 Å². The molecule has 27 heavy (non-hydrogen) atoms. The smallest absolute Gasteiger partial charge is 0.328 e. The lowest BCUT2D eigenvalue weighted by Crippen LogP contribution is -2.59. The molecule has 0 aromatic carbocycles. The van der Waals surface area contributed by atoms with Gasteiger partial charge in [0.15, 0.2) is 0 Å². The molecule has 5 nitrogen and oxygen atoms in total. The van der Waals surface area contributed by atoms with E-state index in [2.05, 4.69) is 13.8 Å². The normalized spacial score (nSPS) is 39.6. The van der Waals surface area contributed by atoms with E-state index >= 15 is 0 Å². The van der Waals surface area contributed by atoms with Gasteiger partial charge in [-0.1, -0.05) is 25.8 Å². The van der Waals surface area contributed by atoms with Gasteiger partial charge in [0, 0.05) is 18.4 Å². The fourth-order valence-corrected chi connectivity index (χ4v) is 6.17. The fraction of sp³-hybridized carbons (Fsp3) is 0.818. The number of carboxylic acids is 1. The standard InChI is InChI=1S/C22H36O5/c1-15(13-19(24)25)7-8-18-21(4)11-6-10-20(3,14-27-16(2)23)17(21)9-12-22(18,5)26/h13,17-18,26H,6-12,14H2,1-5H3,(H,24,25)/b15-13+/t17?,18-,20+,21+,22-/m1/s1. The van der Waals surface area contributed by atoms with Crippen molar-refractivity contribution in [2.75, 3.05) is 6.61 Å². The van der Waals surface area contributed by atoms with Crippen LogP contribution in [0.5, 0.6) is 0 Å². The topological polar surface area (TPSA) is 83.8 Å². The van der Waals surface area contributed by atoms with Crippen LogP contribution < -0.4 is 0 Å². The van der Waals surface area contributed by atoms with Gasteiger partial charge in [0.2, 0.25) is 0 Å². The molecule has 0 aromatic rings. The molecular weight excluding hydrogens is 344 g/mol. The SMILES string of the molecule is CC(=O)OC[C@]1(C)CCC[C@@]2(C)C1CC[C@@](C)(O)[C@@H]2CC/C(C)=C/C(=O)O. The first-order valence-electron chi connectivity index (χ1n) is 10.2. The number of carbonyl (C=O) groups is 2. The maximum absolute atomic E-state index is 11.4. The van der Waals surface area contributed by atoms with Crippen molar-refractivity contribution in [1.29, 1.82) is 0 Å². The molecule has 154 valence electrons. The van der Waals surface area contributed by atoms with Crippen LogP contribution in [-0.2, 0) is 14.3 Å². The Morgan fingerprint density at radius 2 is 1.81 bits per heavy atom. The highest BCUT2D eigenvalue weighted by atomic mass is 16.5. The first-order chi connectivity index (χ1) is 12.4. The van der Waals surface area contributed by atoms with Gasteiger partial charge in [0.1, 0.15) is 0 Å². The van der Waals surface area contributed by atoms with Crippen molar-refractivity contribution in [2.24, 2.45) is 22.7 Å². The summed E-state index contributed by atoms with van der Waals surface area (Å²) in [4.78, 5) is 22.3. The van der Waals surface area contributed by atoms with Gasteiger partial charge in [0.25, 0.3) is 0 Å². The predicted octanol–water partition coefficient (Wildman–Crippen LogP) is 4.33. The van der Waals surface area contributed by atoms with Crippen molar-refractivity contribution < 1.29 is 24.5 Å². The minimum atomic E-state index is -0.918. The van der Waals surface area contributed by atoms with E-state index in [1.165, 1.54) is 13.0 Å². The van der Waals surface area contributed by atoms with Gasteiger partial charge in [-0.25, -0.2) is 4.79 Å². The highest BCUT2D eigenvalue weighted by molar-refractivity contribution is 5.80. The molecule has 5 heteroatoms. The lowest BCUT2D eigenvalue weighted by Gasteiger charge is -2.61. The molecule has 2 aliphatic carbocycles. The zero-order valence-electron chi connectivity index (χ0n) is 17.5. The number of allylic oxidation sites excluding steroid dienone is 1. The first kappa shape index (κ1) is 21.9. The third-order valence-electron chi connectivity index (χ3n) is 7.39. The molecule has 1 unspecified atom stereocenters. The van der Waals surface area contributed by atoms with Crippen LogP contribution in [0.3, 0.4) is 0 Å². The number of aliphatic hydroxyl groups is 1. The van der Waals surface area contributed by atoms with Gasteiger partial charge in [-0.15, -0.1) is 0 Å². The second-order valence-corrected chi connectivity index (χ2v) is 9.66. The van der Waals surface area contributed by atoms with E-state index in [0.717, 1.165) is 44.1 Å². The molecule has 0 heterocycles. The summed E-state index contributed by atoms with van der Waals surface area (Å²) in [6, 6.07) is 0. The van der Waals surface area contributed by atoms with Crippen molar-refractivity contribution in [3.63, 3.8) is 0 Å². The van der Waals surface area contributed by atoms with Crippen LogP contribution in [0.1, 0.15) is 79.6 Å². The maximum atomic E-state index is 11.4. The second-order valence-electron chi connectivity index (χ2n) is 9.66. The Morgan fingerprint density at radius 3 is 2.41 bits per heavy atom. The molecule has 2 fully saturated rings. The second kappa shape index (κ2) is 7.94. The summed E-state index contributed by atoms with van der Waals surface area (Å²) in [7, 11) is 0. The van der Waals surface area contributed by atoms with E-state index in [-0.39, 0.29) is 22.7 Å². The Labute approximate surface area is 163 Å². The van der Waals surface area contributed by atoms with Crippen LogP contribution in [0.25, 0.3) is 0 Å². The Kier molecular flexibility index (Phi) is 6.45. The van der Waals surface area contributed by atoms with Crippen LogP contribution in [0.2, 0.25) is 0 Å². The van der Waals surface area contributed by atoms with E-state index in [4.69, 9.17) is 9.84 Å². The van der Waals surface area contributed by atoms with Crippen molar-refractivity contribution in [3.05, 3.63) is 11.6 Å². The zero-order chi connectivity index (χ0) is 20.5. The zero-order valence-corrected chi connectivity index (χ0v) is 17.5. The summed E-state index contributed by atoms with van der Waals surface area (Å²) in [5.41, 5.74) is -0.0332. The van der Waals surface area contributed by atoms with Gasteiger partial charge in [-0.05, 0) is 69.6 Å². The molecule has 0 aliphatic heterocycles. The minimum absolute atomic E-state index is 0.0433. The number of carboxylic acid groups (broad SMARTS) is 1. The molecule has 0 aromatic heterocycles. The molecule has 0 amide bonds. The number of aliphatic carboxylic acids is 1. The maximum Gasteiger partial charge on any atom is 0.328 e. The third kappa shape index (κ3) is 4.74. The summed E-state index contributed by atoms with van der Waals surface area (Å²) in [5, 5.41) is 20.2. The molecule has 2 rings (SSSR count). The van der Waals surface area contributed by atoms with Gasteiger partial charge in [-0.2, -0.15) is 0 Å². The van der Waals surface area contributed by atoms with E-state index < -0.39 is 11.6 Å². The Hall–Kier alpha value is -1.36. The van der Waals surface area contributed by atoms with Crippen LogP contribution in [0, 0.1) is 22.7 Å². The van der Waals surface area contributed by atoms with Gasteiger partial charge in [0.05, 0.1) is 12.2 Å². The predicted molar refractivity (Wildman–Crippen MR) is 104 cm³/mol. The average molecular weight is 381 g/mol. The lowest BCUT2D eigenvalue weighted by molar-refractivity contribution is -0.186. The number of rotatable bonds is 6. The number of ether oxygens (including phenoxy) is 1. The number of hydrogen-bond donors (Lipinski definition) is 2. The van der Waals surface area contributed by atoms with Crippen molar-refractivity contribution in [3.8, 4) is 0 Å². The number of hydrogen-bond acceptors (Lipinski definition) is 4.